The summed E-state index contributed by atoms with van der Waals surface area (Å²) in [6.45, 7) is 2.20. The van der Waals surface area contributed by atoms with Crippen molar-refractivity contribution in [2.75, 3.05) is 0 Å². The lowest BCUT2D eigenvalue weighted by Crippen LogP contribution is -2.27. The minimum absolute atomic E-state index is 0.152. The summed E-state index contributed by atoms with van der Waals surface area (Å²) in [5, 5.41) is 8.99. The Morgan fingerprint density at radius 2 is 1.87 bits per heavy atom. The van der Waals surface area contributed by atoms with Crippen LogP contribution in [0.25, 0.3) is 0 Å². The van der Waals surface area contributed by atoms with Crippen molar-refractivity contribution in [3.05, 3.63) is 0 Å². The molecule has 2 heteroatoms. The second-order valence-electron chi connectivity index (χ2n) is 5.09. The molecule has 15 heavy (non-hydrogen) atoms. The van der Waals surface area contributed by atoms with Gasteiger partial charge in [0.2, 0.25) is 0 Å². The normalized spacial score (nSPS) is 20.1. The molecule has 0 aromatic carbocycles. The molecule has 1 N–H and O–H groups in total. The average Bonchev–Trinajstić information content (AvgIpc) is 2.18. The molecular formula is C13H24O2. The van der Waals surface area contributed by atoms with E-state index in [0.717, 1.165) is 19.3 Å². The quantitative estimate of drug-likeness (QED) is 0.676. The first-order valence-corrected chi connectivity index (χ1v) is 6.40. The van der Waals surface area contributed by atoms with Crippen LogP contribution in [0.2, 0.25) is 0 Å². The molecule has 1 aliphatic carbocycles. The Bertz CT molecular complexity index is 193. The molecule has 0 unspecified atom stereocenters. The van der Waals surface area contributed by atoms with E-state index < -0.39 is 5.97 Å². The van der Waals surface area contributed by atoms with Crippen LogP contribution in [-0.2, 0) is 4.79 Å². The summed E-state index contributed by atoms with van der Waals surface area (Å²) in [6.07, 6.45) is 11.3. The number of hydrogen-bond acceptors (Lipinski definition) is 1. The van der Waals surface area contributed by atoms with Crippen LogP contribution < -0.4 is 0 Å². The molecule has 2 nitrogen and oxygen atoms in total. The Balaban J connectivity index is 2.46. The summed E-state index contributed by atoms with van der Waals surface area (Å²) in [5.74, 6) is -0.603. The van der Waals surface area contributed by atoms with Crippen molar-refractivity contribution in [1.29, 1.82) is 0 Å². The Hall–Kier alpha value is -0.530. The smallest absolute Gasteiger partial charge is 0.303 e. The second kappa shape index (κ2) is 6.14. The van der Waals surface area contributed by atoms with Crippen LogP contribution in [0, 0.1) is 5.41 Å². The van der Waals surface area contributed by atoms with E-state index in [4.69, 9.17) is 5.11 Å². The van der Waals surface area contributed by atoms with Crippen molar-refractivity contribution in [1.82, 2.24) is 0 Å². The highest BCUT2D eigenvalue weighted by Gasteiger charge is 2.33. The Morgan fingerprint density at radius 3 is 2.40 bits per heavy atom. The van der Waals surface area contributed by atoms with Crippen LogP contribution in [0.4, 0.5) is 0 Å². The van der Waals surface area contributed by atoms with Gasteiger partial charge in [-0.05, 0) is 24.7 Å². The van der Waals surface area contributed by atoms with Crippen molar-refractivity contribution in [3.63, 3.8) is 0 Å². The first-order chi connectivity index (χ1) is 7.18. The summed E-state index contributed by atoms with van der Waals surface area (Å²) in [5.41, 5.74) is 0.152. The van der Waals surface area contributed by atoms with Crippen LogP contribution in [0.15, 0.2) is 0 Å². The standard InChI is InChI=1S/C13H24O2/c1-2-3-5-8-13(11-12(14)15)9-6-4-7-10-13/h2-11H2,1H3,(H,14,15). The van der Waals surface area contributed by atoms with E-state index in [0.29, 0.717) is 6.42 Å². The van der Waals surface area contributed by atoms with Crippen molar-refractivity contribution in [2.24, 2.45) is 5.41 Å². The molecule has 0 spiro atoms. The molecule has 88 valence electrons. The average molecular weight is 212 g/mol. The van der Waals surface area contributed by atoms with Crippen LogP contribution in [-0.4, -0.2) is 11.1 Å². The largest absolute Gasteiger partial charge is 0.481 e. The molecule has 0 amide bonds. The fourth-order valence-corrected chi connectivity index (χ4v) is 2.89. The zero-order valence-corrected chi connectivity index (χ0v) is 9.93. The van der Waals surface area contributed by atoms with Gasteiger partial charge in [0, 0.05) is 0 Å². The van der Waals surface area contributed by atoms with Crippen molar-refractivity contribution < 1.29 is 9.90 Å². The van der Waals surface area contributed by atoms with E-state index in [1.54, 1.807) is 0 Å². The van der Waals surface area contributed by atoms with E-state index in [1.807, 2.05) is 0 Å². The molecule has 0 bridgehead atoms. The highest BCUT2D eigenvalue weighted by atomic mass is 16.4. The SMILES string of the molecule is CCCCCC1(CC(=O)O)CCCCC1. The maximum atomic E-state index is 10.9. The van der Waals surface area contributed by atoms with Crippen LogP contribution in [0.1, 0.15) is 71.1 Å². The van der Waals surface area contributed by atoms with Gasteiger partial charge in [0.15, 0.2) is 0 Å². The highest BCUT2D eigenvalue weighted by molar-refractivity contribution is 5.67. The predicted molar refractivity (Wildman–Crippen MR) is 61.9 cm³/mol. The van der Waals surface area contributed by atoms with E-state index in [9.17, 15) is 4.79 Å². The van der Waals surface area contributed by atoms with E-state index in [-0.39, 0.29) is 5.41 Å². The molecule has 0 heterocycles. The third-order valence-corrected chi connectivity index (χ3v) is 3.75. The molecule has 1 saturated carbocycles. The number of unbranched alkanes of at least 4 members (excludes halogenated alkanes) is 2. The van der Waals surface area contributed by atoms with Gasteiger partial charge in [-0.2, -0.15) is 0 Å². The van der Waals surface area contributed by atoms with Crippen LogP contribution >= 0.6 is 0 Å². The molecule has 1 aliphatic rings. The van der Waals surface area contributed by atoms with Crippen molar-refractivity contribution >= 4 is 5.97 Å². The molecule has 1 rings (SSSR count). The van der Waals surface area contributed by atoms with Gasteiger partial charge in [0.05, 0.1) is 6.42 Å². The highest BCUT2D eigenvalue weighted by Crippen LogP contribution is 2.43. The molecular weight excluding hydrogens is 188 g/mol. The summed E-state index contributed by atoms with van der Waals surface area (Å²) in [7, 11) is 0. The second-order valence-corrected chi connectivity index (χ2v) is 5.09. The van der Waals surface area contributed by atoms with Gasteiger partial charge in [0.25, 0.3) is 0 Å². The van der Waals surface area contributed by atoms with Gasteiger partial charge in [-0.1, -0.05) is 45.4 Å². The predicted octanol–water partition coefficient (Wildman–Crippen LogP) is 3.99. The molecule has 1 fully saturated rings. The molecule has 0 radical (unpaired) electrons. The van der Waals surface area contributed by atoms with Gasteiger partial charge in [0.1, 0.15) is 0 Å². The first kappa shape index (κ1) is 12.5. The number of carboxylic acid groups (broad SMARTS) is 1. The molecule has 0 atom stereocenters. The summed E-state index contributed by atoms with van der Waals surface area (Å²) < 4.78 is 0. The maximum Gasteiger partial charge on any atom is 0.303 e. The monoisotopic (exact) mass is 212 g/mol. The number of hydrogen-bond donors (Lipinski definition) is 1. The third-order valence-electron chi connectivity index (χ3n) is 3.75. The van der Waals surface area contributed by atoms with Crippen LogP contribution in [0.3, 0.4) is 0 Å². The van der Waals surface area contributed by atoms with Gasteiger partial charge >= 0.3 is 5.97 Å². The molecule has 0 saturated heterocycles. The van der Waals surface area contributed by atoms with Crippen LogP contribution in [0.5, 0.6) is 0 Å². The zero-order chi connectivity index (χ0) is 11.1. The van der Waals surface area contributed by atoms with E-state index in [1.165, 1.54) is 38.5 Å². The topological polar surface area (TPSA) is 37.3 Å². The Morgan fingerprint density at radius 1 is 1.20 bits per heavy atom. The Kier molecular flexibility index (Phi) is 5.13. The number of carbonyl (C=O) groups is 1. The number of carboxylic acids is 1. The van der Waals surface area contributed by atoms with E-state index in [2.05, 4.69) is 6.92 Å². The third kappa shape index (κ3) is 4.23. The number of aliphatic carboxylic acids is 1. The summed E-state index contributed by atoms with van der Waals surface area (Å²) in [6, 6.07) is 0. The van der Waals surface area contributed by atoms with E-state index >= 15 is 0 Å². The lowest BCUT2D eigenvalue weighted by molar-refractivity contribution is -0.140. The molecule has 0 aromatic rings. The molecule has 0 aromatic heterocycles. The zero-order valence-electron chi connectivity index (χ0n) is 9.93. The lowest BCUT2D eigenvalue weighted by Gasteiger charge is -2.36. The lowest BCUT2D eigenvalue weighted by atomic mass is 9.69. The minimum atomic E-state index is -0.603. The van der Waals surface area contributed by atoms with Crippen molar-refractivity contribution in [2.45, 2.75) is 71.1 Å². The van der Waals surface area contributed by atoms with Gasteiger partial charge < -0.3 is 5.11 Å². The van der Waals surface area contributed by atoms with Crippen molar-refractivity contribution in [3.8, 4) is 0 Å². The fraction of sp³-hybridized carbons (Fsp3) is 0.923. The maximum absolute atomic E-state index is 10.9. The fourth-order valence-electron chi connectivity index (χ4n) is 2.89. The van der Waals surface area contributed by atoms with Gasteiger partial charge in [-0.3, -0.25) is 4.79 Å². The number of rotatable bonds is 6. The summed E-state index contributed by atoms with van der Waals surface area (Å²) >= 11 is 0. The first-order valence-electron chi connectivity index (χ1n) is 6.40. The Labute approximate surface area is 93.1 Å². The van der Waals surface area contributed by atoms with Gasteiger partial charge in [-0.15, -0.1) is 0 Å². The minimum Gasteiger partial charge on any atom is -0.481 e. The molecule has 0 aliphatic heterocycles. The summed E-state index contributed by atoms with van der Waals surface area (Å²) in [4.78, 5) is 10.9. The van der Waals surface area contributed by atoms with Gasteiger partial charge in [-0.25, -0.2) is 0 Å².